The first-order chi connectivity index (χ1) is 7.70. The summed E-state index contributed by atoms with van der Waals surface area (Å²) in [5.74, 6) is 0.0286. The molecule has 0 bridgehead atoms. The van der Waals surface area contributed by atoms with E-state index in [0.717, 1.165) is 6.42 Å². The smallest absolute Gasteiger partial charge is 0.411 e. The van der Waals surface area contributed by atoms with Gasteiger partial charge in [-0.25, -0.2) is 4.79 Å². The third-order valence-corrected chi connectivity index (χ3v) is 3.49. The lowest BCUT2D eigenvalue weighted by molar-refractivity contribution is -0.125. The lowest BCUT2D eigenvalue weighted by Crippen LogP contribution is -2.52. The second-order valence-corrected chi connectivity index (χ2v) is 6.13. The third kappa shape index (κ3) is 3.21. The lowest BCUT2D eigenvalue weighted by Gasteiger charge is -2.34. The molecule has 0 aromatic heterocycles. The van der Waals surface area contributed by atoms with Crippen LogP contribution in [0.25, 0.3) is 0 Å². The number of ketones is 1. The van der Waals surface area contributed by atoms with Crippen molar-refractivity contribution >= 4 is 27.8 Å². The number of alkyl halides is 1. The molecule has 0 saturated carbocycles. The molecule has 0 radical (unpaired) electrons. The van der Waals surface area contributed by atoms with Crippen LogP contribution in [0.1, 0.15) is 40.5 Å². The fourth-order valence-electron chi connectivity index (χ4n) is 2.01. The second-order valence-electron chi connectivity index (χ2n) is 5.57. The highest BCUT2D eigenvalue weighted by atomic mass is 79.9. The number of carbonyl (C=O) groups excluding carboxylic acids is 2. The maximum absolute atomic E-state index is 12.0. The van der Waals surface area contributed by atoms with Gasteiger partial charge in [0.1, 0.15) is 11.1 Å². The molecule has 0 aromatic carbocycles. The molecular formula is C12H20BrNO3. The van der Waals surface area contributed by atoms with E-state index in [1.807, 2.05) is 27.7 Å². The molecule has 0 spiro atoms. The zero-order chi connectivity index (χ0) is 13.3. The number of nitrogens with zero attached hydrogens (tertiary/aromatic N) is 1. The van der Waals surface area contributed by atoms with E-state index in [9.17, 15) is 9.59 Å². The average Bonchev–Trinajstić information content (AvgIpc) is 2.58. The van der Waals surface area contributed by atoms with Gasteiger partial charge >= 0.3 is 6.09 Å². The van der Waals surface area contributed by atoms with Crippen molar-refractivity contribution in [3.05, 3.63) is 0 Å². The maximum atomic E-state index is 12.0. The Labute approximate surface area is 111 Å². The van der Waals surface area contributed by atoms with Gasteiger partial charge in [-0.1, -0.05) is 15.9 Å². The fourth-order valence-corrected chi connectivity index (χ4v) is 2.61. The van der Waals surface area contributed by atoms with E-state index >= 15 is 0 Å². The number of rotatable bonds is 2. The van der Waals surface area contributed by atoms with E-state index in [1.165, 1.54) is 0 Å². The number of amides is 1. The van der Waals surface area contributed by atoms with E-state index in [-0.39, 0.29) is 11.1 Å². The fraction of sp³-hybridized carbons (Fsp3) is 0.833. The number of Topliss-reactive ketones (excluding diaryl/α,β-unsaturated/α-hetero) is 1. The van der Waals surface area contributed by atoms with Gasteiger partial charge in [0, 0.05) is 6.54 Å². The number of carbonyl (C=O) groups is 2. The molecule has 1 amide bonds. The van der Waals surface area contributed by atoms with E-state index < -0.39 is 17.2 Å². The number of hydrogen-bond acceptors (Lipinski definition) is 3. The molecule has 0 N–H and O–H groups in total. The van der Waals surface area contributed by atoms with Gasteiger partial charge in [0.05, 0.1) is 5.33 Å². The van der Waals surface area contributed by atoms with Crippen molar-refractivity contribution in [3.8, 4) is 0 Å². The predicted molar refractivity (Wildman–Crippen MR) is 69.4 cm³/mol. The molecule has 0 aromatic rings. The molecule has 1 fully saturated rings. The van der Waals surface area contributed by atoms with Gasteiger partial charge in [0.2, 0.25) is 0 Å². The molecule has 1 saturated heterocycles. The van der Waals surface area contributed by atoms with Crippen molar-refractivity contribution < 1.29 is 14.3 Å². The van der Waals surface area contributed by atoms with Gasteiger partial charge < -0.3 is 4.74 Å². The normalized spacial score (nSPS) is 24.9. The second kappa shape index (κ2) is 4.96. The SMILES string of the molecule is CC(C)(C)OC(=O)N1CCCC1(C)C(=O)CBr. The molecule has 1 aliphatic rings. The van der Waals surface area contributed by atoms with Crippen LogP contribution in [0.15, 0.2) is 0 Å². The van der Waals surface area contributed by atoms with Crippen molar-refractivity contribution in [1.82, 2.24) is 4.90 Å². The van der Waals surface area contributed by atoms with Crippen molar-refractivity contribution in [2.45, 2.75) is 51.7 Å². The minimum atomic E-state index is -0.716. The van der Waals surface area contributed by atoms with Crippen LogP contribution < -0.4 is 0 Å². The van der Waals surface area contributed by atoms with E-state index in [0.29, 0.717) is 13.0 Å². The molecule has 1 aliphatic heterocycles. The zero-order valence-corrected chi connectivity index (χ0v) is 12.5. The summed E-state index contributed by atoms with van der Waals surface area (Å²) in [6.07, 6.45) is 1.15. The summed E-state index contributed by atoms with van der Waals surface area (Å²) in [6, 6.07) is 0. The van der Waals surface area contributed by atoms with E-state index in [4.69, 9.17) is 4.74 Å². The molecule has 1 rings (SSSR count). The molecule has 17 heavy (non-hydrogen) atoms. The van der Waals surface area contributed by atoms with Crippen LogP contribution in [0.4, 0.5) is 4.79 Å². The maximum Gasteiger partial charge on any atom is 0.411 e. The number of hydrogen-bond donors (Lipinski definition) is 0. The van der Waals surface area contributed by atoms with Gasteiger partial charge in [0.25, 0.3) is 0 Å². The average molecular weight is 306 g/mol. The molecular weight excluding hydrogens is 286 g/mol. The Balaban J connectivity index is 2.83. The highest BCUT2D eigenvalue weighted by Gasteiger charge is 2.46. The predicted octanol–water partition coefficient (Wildman–Crippen LogP) is 2.74. The van der Waals surface area contributed by atoms with Crippen molar-refractivity contribution in [2.24, 2.45) is 0 Å². The standard InChI is InChI=1S/C12H20BrNO3/c1-11(2,3)17-10(16)14-7-5-6-12(14,4)9(15)8-13/h5-8H2,1-4H3. The lowest BCUT2D eigenvalue weighted by atomic mass is 9.94. The minimum absolute atomic E-state index is 0.0286. The Morgan fingerprint density at radius 1 is 1.41 bits per heavy atom. The molecule has 98 valence electrons. The van der Waals surface area contributed by atoms with Crippen molar-refractivity contribution in [1.29, 1.82) is 0 Å². The first-order valence-corrected chi connectivity index (χ1v) is 6.93. The highest BCUT2D eigenvalue weighted by Crippen LogP contribution is 2.31. The molecule has 1 atom stereocenters. The van der Waals surface area contributed by atoms with Gasteiger partial charge in [-0.15, -0.1) is 0 Å². The largest absolute Gasteiger partial charge is 0.444 e. The Hall–Kier alpha value is -0.580. The Kier molecular flexibility index (Phi) is 4.23. The first kappa shape index (κ1) is 14.5. The Morgan fingerprint density at radius 3 is 2.47 bits per heavy atom. The molecule has 1 unspecified atom stereocenters. The van der Waals surface area contributed by atoms with Crippen LogP contribution in [0, 0.1) is 0 Å². The quantitative estimate of drug-likeness (QED) is 0.737. The number of ether oxygens (including phenoxy) is 1. The summed E-state index contributed by atoms with van der Waals surface area (Å²) in [7, 11) is 0. The van der Waals surface area contributed by atoms with Crippen LogP contribution in [0.3, 0.4) is 0 Å². The molecule has 0 aliphatic carbocycles. The van der Waals surface area contributed by atoms with E-state index in [2.05, 4.69) is 15.9 Å². The zero-order valence-electron chi connectivity index (χ0n) is 10.9. The Morgan fingerprint density at radius 2 is 2.00 bits per heavy atom. The van der Waals surface area contributed by atoms with Gasteiger partial charge in [-0.2, -0.15) is 0 Å². The van der Waals surface area contributed by atoms with Gasteiger partial charge in [0.15, 0.2) is 5.78 Å². The van der Waals surface area contributed by atoms with Crippen LogP contribution >= 0.6 is 15.9 Å². The summed E-state index contributed by atoms with van der Waals surface area (Å²) >= 11 is 3.17. The summed E-state index contributed by atoms with van der Waals surface area (Å²) < 4.78 is 5.33. The van der Waals surface area contributed by atoms with Crippen LogP contribution in [-0.2, 0) is 9.53 Å². The highest BCUT2D eigenvalue weighted by molar-refractivity contribution is 9.09. The summed E-state index contributed by atoms with van der Waals surface area (Å²) in [5, 5.41) is 0.267. The van der Waals surface area contributed by atoms with Crippen LogP contribution in [-0.4, -0.2) is 39.8 Å². The first-order valence-electron chi connectivity index (χ1n) is 5.80. The summed E-state index contributed by atoms with van der Waals surface area (Å²) in [4.78, 5) is 25.5. The minimum Gasteiger partial charge on any atom is -0.444 e. The van der Waals surface area contributed by atoms with Crippen LogP contribution in [0.2, 0.25) is 0 Å². The van der Waals surface area contributed by atoms with Crippen molar-refractivity contribution in [3.63, 3.8) is 0 Å². The summed E-state index contributed by atoms with van der Waals surface area (Å²) in [5.41, 5.74) is -1.25. The van der Waals surface area contributed by atoms with Gasteiger partial charge in [-0.3, -0.25) is 9.69 Å². The van der Waals surface area contributed by atoms with Gasteiger partial charge in [-0.05, 0) is 40.5 Å². The third-order valence-electron chi connectivity index (χ3n) is 2.98. The monoisotopic (exact) mass is 305 g/mol. The molecule has 4 nitrogen and oxygen atoms in total. The topological polar surface area (TPSA) is 46.6 Å². The molecule has 1 heterocycles. The molecule has 5 heteroatoms. The van der Waals surface area contributed by atoms with Crippen LogP contribution in [0.5, 0.6) is 0 Å². The number of halogens is 1. The number of likely N-dealkylation sites (tertiary alicyclic amines) is 1. The summed E-state index contributed by atoms with van der Waals surface area (Å²) in [6.45, 7) is 7.87. The van der Waals surface area contributed by atoms with E-state index in [1.54, 1.807) is 4.90 Å². The Bertz CT molecular complexity index is 324. The van der Waals surface area contributed by atoms with Crippen molar-refractivity contribution in [2.75, 3.05) is 11.9 Å².